The number of allylic oxidation sites excluding steroid dienone is 1. The second-order valence-electron chi connectivity index (χ2n) is 10.2. The van der Waals surface area contributed by atoms with Crippen LogP contribution in [-0.2, 0) is 6.54 Å². The van der Waals surface area contributed by atoms with E-state index in [9.17, 15) is 9.18 Å². The van der Waals surface area contributed by atoms with E-state index < -0.39 is 0 Å². The number of nitrogens with two attached hydrogens (primary N) is 1. The Morgan fingerprint density at radius 2 is 1.67 bits per heavy atom. The minimum absolute atomic E-state index is 0.0478. The number of carbonyl (C=O) groups is 1. The van der Waals surface area contributed by atoms with E-state index in [2.05, 4.69) is 11.5 Å². The zero-order chi connectivity index (χ0) is 29.2. The molecule has 0 aliphatic carbocycles. The van der Waals surface area contributed by atoms with Crippen molar-refractivity contribution in [1.82, 2.24) is 14.5 Å². The Balaban J connectivity index is 1.25. The van der Waals surface area contributed by atoms with E-state index in [0.717, 1.165) is 16.8 Å². The summed E-state index contributed by atoms with van der Waals surface area (Å²) in [6, 6.07) is 26.8. The molecule has 1 amide bonds. The molecule has 0 radical (unpaired) electrons. The predicted molar refractivity (Wildman–Crippen MR) is 165 cm³/mol. The molecule has 6 rings (SSSR count). The first-order valence-corrected chi connectivity index (χ1v) is 14.0. The van der Waals surface area contributed by atoms with Crippen molar-refractivity contribution in [3.63, 3.8) is 0 Å². The Labute approximate surface area is 248 Å². The van der Waals surface area contributed by atoms with E-state index in [4.69, 9.17) is 27.1 Å². The van der Waals surface area contributed by atoms with Crippen LogP contribution in [0.25, 0.3) is 22.4 Å². The molecule has 2 N–H and O–H groups in total. The van der Waals surface area contributed by atoms with E-state index in [1.165, 1.54) is 12.1 Å². The largest absolute Gasteiger partial charge is 0.457 e. The lowest BCUT2D eigenvalue weighted by atomic mass is 10.1. The van der Waals surface area contributed by atoms with Gasteiger partial charge in [-0.3, -0.25) is 4.79 Å². The van der Waals surface area contributed by atoms with E-state index in [0.29, 0.717) is 71.8 Å². The fraction of sp³-hybridized carbons (Fsp3) is 0.152. The lowest BCUT2D eigenvalue weighted by Crippen LogP contribution is -2.48. The summed E-state index contributed by atoms with van der Waals surface area (Å²) in [5, 5.41) is 0.636. The third-order valence-electron chi connectivity index (χ3n) is 7.26. The van der Waals surface area contributed by atoms with Crippen molar-refractivity contribution < 1.29 is 13.9 Å². The lowest BCUT2D eigenvalue weighted by Gasteiger charge is -2.36. The zero-order valence-electron chi connectivity index (χ0n) is 22.8. The van der Waals surface area contributed by atoms with Crippen LogP contribution in [0.2, 0.25) is 5.02 Å². The minimum atomic E-state index is -0.261. The second-order valence-corrected chi connectivity index (χ2v) is 10.7. The number of anilines is 1. The van der Waals surface area contributed by atoms with Crippen molar-refractivity contribution in [2.75, 3.05) is 31.1 Å². The normalized spacial score (nSPS) is 13.4. The number of ether oxygens (including phenoxy) is 1. The second kappa shape index (κ2) is 11.6. The van der Waals surface area contributed by atoms with Gasteiger partial charge in [0.05, 0.1) is 17.6 Å². The number of aromatic nitrogens is 2. The monoisotopic (exact) mass is 581 g/mol. The molecule has 1 fully saturated rings. The molecule has 42 heavy (non-hydrogen) atoms. The van der Waals surface area contributed by atoms with Gasteiger partial charge < -0.3 is 24.8 Å². The quantitative estimate of drug-likeness (QED) is 0.231. The summed E-state index contributed by atoms with van der Waals surface area (Å²) in [6.07, 6.45) is 0. The molecule has 0 spiro atoms. The topological polar surface area (TPSA) is 76.6 Å². The molecule has 5 aromatic rings. The van der Waals surface area contributed by atoms with Gasteiger partial charge in [0.25, 0.3) is 5.91 Å². The molecule has 9 heteroatoms. The lowest BCUT2D eigenvalue weighted by molar-refractivity contribution is 0.0747. The number of amides is 1. The summed E-state index contributed by atoms with van der Waals surface area (Å²) < 4.78 is 21.4. The molecule has 1 saturated heterocycles. The molecule has 0 saturated carbocycles. The third kappa shape index (κ3) is 5.80. The van der Waals surface area contributed by atoms with Gasteiger partial charge in [-0.1, -0.05) is 30.3 Å². The Kier molecular flexibility index (Phi) is 7.54. The van der Waals surface area contributed by atoms with Crippen LogP contribution in [0.5, 0.6) is 11.5 Å². The van der Waals surface area contributed by atoms with Gasteiger partial charge >= 0.3 is 0 Å². The van der Waals surface area contributed by atoms with Gasteiger partial charge in [-0.25, -0.2) is 9.37 Å². The summed E-state index contributed by atoms with van der Waals surface area (Å²) in [6.45, 7) is 6.76. The third-order valence-corrected chi connectivity index (χ3v) is 7.51. The number of imidazole rings is 1. The number of hydrogen-bond acceptors (Lipinski definition) is 5. The summed E-state index contributed by atoms with van der Waals surface area (Å²) in [7, 11) is 0. The van der Waals surface area contributed by atoms with Crippen LogP contribution in [-0.4, -0.2) is 46.5 Å². The molecule has 1 aliphatic rings. The van der Waals surface area contributed by atoms with Gasteiger partial charge in [-0.15, -0.1) is 0 Å². The van der Waals surface area contributed by atoms with Gasteiger partial charge in [-0.05, 0) is 78.9 Å². The smallest absolute Gasteiger partial charge is 0.254 e. The first-order chi connectivity index (χ1) is 20.3. The summed E-state index contributed by atoms with van der Waals surface area (Å²) >= 11 is 6.01. The highest BCUT2D eigenvalue weighted by atomic mass is 35.5. The average Bonchev–Trinajstić information content (AvgIpc) is 3.35. The minimum Gasteiger partial charge on any atom is -0.457 e. The Morgan fingerprint density at radius 1 is 0.929 bits per heavy atom. The van der Waals surface area contributed by atoms with E-state index in [1.807, 2.05) is 64.1 Å². The van der Waals surface area contributed by atoms with Crippen molar-refractivity contribution in [2.45, 2.75) is 6.54 Å². The predicted octanol–water partition coefficient (Wildman–Crippen LogP) is 6.72. The highest BCUT2D eigenvalue weighted by Crippen LogP contribution is 2.31. The molecule has 0 bridgehead atoms. The van der Waals surface area contributed by atoms with Gasteiger partial charge in [0, 0.05) is 53.7 Å². The van der Waals surface area contributed by atoms with E-state index >= 15 is 0 Å². The molecule has 212 valence electrons. The molecule has 1 aromatic heterocycles. The van der Waals surface area contributed by atoms with Crippen LogP contribution in [0.1, 0.15) is 10.4 Å². The van der Waals surface area contributed by atoms with Crippen molar-refractivity contribution in [3.05, 3.63) is 120 Å². The average molecular weight is 582 g/mol. The van der Waals surface area contributed by atoms with Crippen molar-refractivity contribution >= 4 is 34.2 Å². The SMILES string of the molecule is C=C(N)Cn1c(-c2cccc(Oc3ccc(Cl)cc3)c2)nc2cc(C(=O)N3CCN(c4ccc(F)cc4)CC3)ccc21. The highest BCUT2D eigenvalue weighted by Gasteiger charge is 2.24. The zero-order valence-corrected chi connectivity index (χ0v) is 23.6. The maximum Gasteiger partial charge on any atom is 0.254 e. The van der Waals surface area contributed by atoms with Crippen LogP contribution in [0.3, 0.4) is 0 Å². The van der Waals surface area contributed by atoms with Gasteiger partial charge in [0.15, 0.2) is 0 Å². The first-order valence-electron chi connectivity index (χ1n) is 13.6. The number of benzene rings is 4. The van der Waals surface area contributed by atoms with Crippen molar-refractivity contribution in [1.29, 1.82) is 0 Å². The Hall–Kier alpha value is -4.82. The van der Waals surface area contributed by atoms with Crippen molar-refractivity contribution in [3.8, 4) is 22.9 Å². The van der Waals surface area contributed by atoms with Crippen LogP contribution >= 0.6 is 11.6 Å². The van der Waals surface area contributed by atoms with Gasteiger partial charge in [0.1, 0.15) is 23.1 Å². The number of halogens is 2. The van der Waals surface area contributed by atoms with E-state index in [1.54, 1.807) is 24.3 Å². The number of rotatable bonds is 7. The molecular formula is C33H29ClFN5O2. The summed E-state index contributed by atoms with van der Waals surface area (Å²) in [5.74, 6) is 1.70. The molecule has 1 aliphatic heterocycles. The Morgan fingerprint density at radius 3 is 2.38 bits per heavy atom. The van der Waals surface area contributed by atoms with Crippen LogP contribution in [0.15, 0.2) is 103 Å². The standard InChI is InChI=1S/C33H29ClFN5O2/c1-22(36)21-40-31-14-5-24(33(41)39-17-15-38(16-18-39)27-10-8-26(35)9-11-27)20-30(31)37-32(40)23-3-2-4-29(19-23)42-28-12-6-25(34)7-13-28/h2-14,19-20H,1,15-18,21,36H2. The number of carbonyl (C=O) groups excluding carboxylic acids is 1. The first kappa shape index (κ1) is 27.4. The molecular weight excluding hydrogens is 553 g/mol. The van der Waals surface area contributed by atoms with Crippen LogP contribution in [0.4, 0.5) is 10.1 Å². The molecule has 4 aromatic carbocycles. The number of nitrogens with zero attached hydrogens (tertiary/aromatic N) is 4. The van der Waals surface area contributed by atoms with Crippen LogP contribution in [0, 0.1) is 5.82 Å². The number of piperazine rings is 1. The summed E-state index contributed by atoms with van der Waals surface area (Å²) in [5.41, 5.74) is 10.4. The van der Waals surface area contributed by atoms with Crippen molar-refractivity contribution in [2.24, 2.45) is 5.73 Å². The van der Waals surface area contributed by atoms with Crippen LogP contribution < -0.4 is 15.4 Å². The molecule has 7 nitrogen and oxygen atoms in total. The van der Waals surface area contributed by atoms with Gasteiger partial charge in [0.2, 0.25) is 0 Å². The molecule has 0 atom stereocenters. The maximum absolute atomic E-state index is 13.5. The molecule has 2 heterocycles. The fourth-order valence-electron chi connectivity index (χ4n) is 5.19. The highest BCUT2D eigenvalue weighted by molar-refractivity contribution is 6.30. The Bertz CT molecular complexity index is 1760. The maximum atomic E-state index is 13.5. The van der Waals surface area contributed by atoms with E-state index in [-0.39, 0.29) is 11.7 Å². The number of hydrogen-bond donors (Lipinski definition) is 1. The fourth-order valence-corrected chi connectivity index (χ4v) is 5.31. The summed E-state index contributed by atoms with van der Waals surface area (Å²) in [4.78, 5) is 22.4. The number of fused-ring (bicyclic) bond motifs is 1. The van der Waals surface area contributed by atoms with Gasteiger partial charge in [-0.2, -0.15) is 0 Å². The molecule has 0 unspecified atom stereocenters.